The number of hydrogen-bond acceptors (Lipinski definition) is 4. The molecule has 0 atom stereocenters. The lowest BCUT2D eigenvalue weighted by molar-refractivity contribution is 0.102. The first kappa shape index (κ1) is 17.1. The second-order valence-corrected chi connectivity index (χ2v) is 7.66. The first-order valence-electron chi connectivity index (χ1n) is 8.57. The Bertz CT molecular complexity index is 717. The summed E-state index contributed by atoms with van der Waals surface area (Å²) in [5.74, 6) is 0.757. The summed E-state index contributed by atoms with van der Waals surface area (Å²) in [6.07, 6.45) is 2.53. The molecule has 3 rings (SSSR count). The van der Waals surface area contributed by atoms with Crippen LogP contribution in [0.1, 0.15) is 46.9 Å². The zero-order chi connectivity index (χ0) is 17.1. The Balaban J connectivity index is 1.61. The van der Waals surface area contributed by atoms with Crippen molar-refractivity contribution in [3.05, 3.63) is 46.0 Å². The highest BCUT2D eigenvalue weighted by molar-refractivity contribution is 7.13. The van der Waals surface area contributed by atoms with Crippen LogP contribution in [0.25, 0.3) is 0 Å². The molecule has 1 aliphatic heterocycles. The molecular weight excluding hydrogens is 318 g/mol. The van der Waals surface area contributed by atoms with Crippen molar-refractivity contribution in [2.75, 3.05) is 18.4 Å². The SMILES string of the molecule is Cc1cccc(C(=O)Nc2nc(CN3CCC(C)CC3)cs2)c1C. The summed E-state index contributed by atoms with van der Waals surface area (Å²) >= 11 is 1.50. The zero-order valence-corrected chi connectivity index (χ0v) is 15.4. The smallest absolute Gasteiger partial charge is 0.257 e. The van der Waals surface area contributed by atoms with E-state index in [-0.39, 0.29) is 5.91 Å². The van der Waals surface area contributed by atoms with Crippen LogP contribution in [0, 0.1) is 19.8 Å². The monoisotopic (exact) mass is 343 g/mol. The topological polar surface area (TPSA) is 45.2 Å². The van der Waals surface area contributed by atoms with Gasteiger partial charge in [-0.2, -0.15) is 0 Å². The molecule has 1 fully saturated rings. The van der Waals surface area contributed by atoms with E-state index in [0.29, 0.717) is 5.13 Å². The van der Waals surface area contributed by atoms with Crippen LogP contribution in [-0.4, -0.2) is 28.9 Å². The molecule has 128 valence electrons. The number of carbonyl (C=O) groups excluding carboxylic acids is 1. The molecule has 1 N–H and O–H groups in total. The van der Waals surface area contributed by atoms with E-state index in [1.807, 2.05) is 32.0 Å². The second kappa shape index (κ2) is 7.45. The van der Waals surface area contributed by atoms with E-state index in [2.05, 4.69) is 27.5 Å². The van der Waals surface area contributed by atoms with Gasteiger partial charge in [0, 0.05) is 17.5 Å². The average molecular weight is 343 g/mol. The highest BCUT2D eigenvalue weighted by Crippen LogP contribution is 2.22. The van der Waals surface area contributed by atoms with Gasteiger partial charge in [0.25, 0.3) is 5.91 Å². The average Bonchev–Trinajstić information content (AvgIpc) is 2.99. The van der Waals surface area contributed by atoms with Crippen LogP contribution in [0.5, 0.6) is 0 Å². The lowest BCUT2D eigenvalue weighted by Gasteiger charge is -2.29. The van der Waals surface area contributed by atoms with Crippen LogP contribution >= 0.6 is 11.3 Å². The zero-order valence-electron chi connectivity index (χ0n) is 14.6. The van der Waals surface area contributed by atoms with Crippen molar-refractivity contribution >= 4 is 22.4 Å². The van der Waals surface area contributed by atoms with Crippen LogP contribution < -0.4 is 5.32 Å². The maximum absolute atomic E-state index is 12.5. The fourth-order valence-corrected chi connectivity index (χ4v) is 3.74. The molecule has 1 aliphatic rings. The number of carbonyl (C=O) groups is 1. The summed E-state index contributed by atoms with van der Waals surface area (Å²) in [5.41, 5.74) is 3.92. The molecule has 0 saturated carbocycles. The summed E-state index contributed by atoms with van der Waals surface area (Å²) < 4.78 is 0. The number of rotatable bonds is 4. The van der Waals surface area contributed by atoms with Gasteiger partial charge in [0.2, 0.25) is 0 Å². The van der Waals surface area contributed by atoms with Gasteiger partial charge in [-0.1, -0.05) is 19.1 Å². The maximum atomic E-state index is 12.5. The van der Waals surface area contributed by atoms with Crippen LogP contribution in [0.3, 0.4) is 0 Å². The number of nitrogens with zero attached hydrogens (tertiary/aromatic N) is 2. The second-order valence-electron chi connectivity index (χ2n) is 6.80. The quantitative estimate of drug-likeness (QED) is 0.903. The summed E-state index contributed by atoms with van der Waals surface area (Å²) in [4.78, 5) is 19.5. The number of aromatic nitrogens is 1. The van der Waals surface area contributed by atoms with E-state index in [1.54, 1.807) is 0 Å². The maximum Gasteiger partial charge on any atom is 0.257 e. The minimum atomic E-state index is -0.0797. The highest BCUT2D eigenvalue weighted by Gasteiger charge is 2.17. The van der Waals surface area contributed by atoms with Crippen molar-refractivity contribution in [1.82, 2.24) is 9.88 Å². The summed E-state index contributed by atoms with van der Waals surface area (Å²) in [5, 5.41) is 5.67. The van der Waals surface area contributed by atoms with Gasteiger partial charge >= 0.3 is 0 Å². The number of piperidine rings is 1. The molecule has 24 heavy (non-hydrogen) atoms. The number of amides is 1. The molecule has 0 unspecified atom stereocenters. The molecule has 1 aromatic heterocycles. The number of hydrogen-bond donors (Lipinski definition) is 1. The van der Waals surface area contributed by atoms with E-state index < -0.39 is 0 Å². The van der Waals surface area contributed by atoms with Crippen molar-refractivity contribution in [3.63, 3.8) is 0 Å². The Morgan fingerprint density at radius 3 is 2.83 bits per heavy atom. The lowest BCUT2D eigenvalue weighted by atomic mass is 9.99. The van der Waals surface area contributed by atoms with Gasteiger partial charge in [-0.05, 0) is 62.9 Å². The fraction of sp³-hybridized carbons (Fsp3) is 0.474. The van der Waals surface area contributed by atoms with Gasteiger partial charge in [-0.15, -0.1) is 11.3 Å². The normalized spacial score (nSPS) is 16.3. The molecule has 5 heteroatoms. The first-order valence-corrected chi connectivity index (χ1v) is 9.45. The van der Waals surface area contributed by atoms with Gasteiger partial charge in [0.05, 0.1) is 5.69 Å². The van der Waals surface area contributed by atoms with E-state index in [1.165, 1.54) is 24.2 Å². The molecule has 0 radical (unpaired) electrons. The molecular formula is C19H25N3OS. The van der Waals surface area contributed by atoms with Gasteiger partial charge in [-0.25, -0.2) is 4.98 Å². The molecule has 2 aromatic rings. The molecule has 0 aliphatic carbocycles. The van der Waals surface area contributed by atoms with Crippen molar-refractivity contribution in [1.29, 1.82) is 0 Å². The third-order valence-electron chi connectivity index (χ3n) is 4.88. The third-order valence-corrected chi connectivity index (χ3v) is 5.69. The molecule has 2 heterocycles. The van der Waals surface area contributed by atoms with Crippen molar-refractivity contribution in [3.8, 4) is 0 Å². The predicted octanol–water partition coefficient (Wildman–Crippen LogP) is 4.24. The van der Waals surface area contributed by atoms with Gasteiger partial charge in [0.1, 0.15) is 0 Å². The highest BCUT2D eigenvalue weighted by atomic mass is 32.1. The standard InChI is InChI=1S/C19H25N3OS/c1-13-7-9-22(10-8-13)11-16-12-24-19(20-16)21-18(23)17-6-4-5-14(2)15(17)3/h4-6,12-13H,7-11H2,1-3H3,(H,20,21,23). The fourth-order valence-electron chi connectivity index (χ4n) is 3.05. The molecule has 4 nitrogen and oxygen atoms in total. The number of benzene rings is 1. The molecule has 1 amide bonds. The van der Waals surface area contributed by atoms with Crippen LogP contribution in [0.15, 0.2) is 23.6 Å². The Hall–Kier alpha value is -1.72. The Kier molecular flexibility index (Phi) is 5.31. The predicted molar refractivity (Wildman–Crippen MR) is 99.7 cm³/mol. The van der Waals surface area contributed by atoms with Gasteiger partial charge in [-0.3, -0.25) is 15.0 Å². The number of anilines is 1. The van der Waals surface area contributed by atoms with E-state index in [9.17, 15) is 4.79 Å². The number of aryl methyl sites for hydroxylation is 1. The lowest BCUT2D eigenvalue weighted by Crippen LogP contribution is -2.32. The molecule has 1 saturated heterocycles. The Labute approximate surface area is 147 Å². The van der Waals surface area contributed by atoms with Gasteiger partial charge < -0.3 is 0 Å². The summed E-state index contributed by atoms with van der Waals surface area (Å²) in [6, 6.07) is 5.80. The molecule has 0 bridgehead atoms. The molecule has 1 aromatic carbocycles. The Morgan fingerprint density at radius 1 is 1.33 bits per heavy atom. The van der Waals surface area contributed by atoms with E-state index >= 15 is 0 Å². The van der Waals surface area contributed by atoms with Crippen molar-refractivity contribution in [2.45, 2.75) is 40.2 Å². The number of thiazole rings is 1. The minimum absolute atomic E-state index is 0.0797. The van der Waals surface area contributed by atoms with Crippen LogP contribution in [0.4, 0.5) is 5.13 Å². The van der Waals surface area contributed by atoms with Crippen molar-refractivity contribution < 1.29 is 4.79 Å². The molecule has 0 spiro atoms. The van der Waals surface area contributed by atoms with Crippen LogP contribution in [0.2, 0.25) is 0 Å². The summed E-state index contributed by atoms with van der Waals surface area (Å²) in [6.45, 7) is 9.48. The third kappa shape index (κ3) is 4.02. The minimum Gasteiger partial charge on any atom is -0.298 e. The van der Waals surface area contributed by atoms with Crippen LogP contribution in [-0.2, 0) is 6.54 Å². The summed E-state index contributed by atoms with van der Waals surface area (Å²) in [7, 11) is 0. The number of likely N-dealkylation sites (tertiary alicyclic amines) is 1. The Morgan fingerprint density at radius 2 is 2.08 bits per heavy atom. The largest absolute Gasteiger partial charge is 0.298 e. The van der Waals surface area contributed by atoms with Crippen molar-refractivity contribution in [2.24, 2.45) is 5.92 Å². The van der Waals surface area contributed by atoms with Gasteiger partial charge in [0.15, 0.2) is 5.13 Å². The van der Waals surface area contributed by atoms with E-state index in [4.69, 9.17) is 0 Å². The first-order chi connectivity index (χ1) is 11.5. The number of nitrogens with one attached hydrogen (secondary N) is 1. The van der Waals surface area contributed by atoms with E-state index in [0.717, 1.165) is 47.9 Å².